The highest BCUT2D eigenvalue weighted by Crippen LogP contribution is 2.40. The molecule has 1 aromatic rings. The molecule has 0 heterocycles. The highest BCUT2D eigenvalue weighted by atomic mass is 16.5. The van der Waals surface area contributed by atoms with Gasteiger partial charge in [-0.15, -0.1) is 0 Å². The Bertz CT molecular complexity index is 586. The summed E-state index contributed by atoms with van der Waals surface area (Å²) in [5.74, 6) is 0.557. The third-order valence-corrected chi connectivity index (χ3v) is 2.65. The summed E-state index contributed by atoms with van der Waals surface area (Å²) in [5.41, 5.74) is 0.391. The van der Waals surface area contributed by atoms with Crippen molar-refractivity contribution in [1.82, 2.24) is 0 Å². The lowest BCUT2D eigenvalue weighted by atomic mass is 10.1. The average molecular weight is 291 g/mol. The minimum absolute atomic E-state index is 0.123. The number of rotatable bonds is 6. The van der Waals surface area contributed by atoms with Crippen molar-refractivity contribution in [2.75, 3.05) is 27.9 Å². The predicted octanol–water partition coefficient (Wildman–Crippen LogP) is 2.18. The number of esters is 1. The van der Waals surface area contributed by atoms with Crippen molar-refractivity contribution in [2.24, 2.45) is 0 Å². The third kappa shape index (κ3) is 3.66. The lowest BCUT2D eigenvalue weighted by Crippen LogP contribution is -2.06. The summed E-state index contributed by atoms with van der Waals surface area (Å²) < 4.78 is 20.5. The molecule has 0 spiro atoms. The van der Waals surface area contributed by atoms with Gasteiger partial charge in [0.25, 0.3) is 0 Å². The standard InChI is InChI=1S/C15H17NO5/c1-5-21-15(17)11(9-16)8-10-6-7-12(18-2)14(20-4)13(10)19-3/h6-8H,5H2,1-4H3/b11-8-. The van der Waals surface area contributed by atoms with Crippen molar-refractivity contribution < 1.29 is 23.7 Å². The molecule has 0 aliphatic carbocycles. The van der Waals surface area contributed by atoms with Gasteiger partial charge in [0.15, 0.2) is 11.5 Å². The Morgan fingerprint density at radius 1 is 1.19 bits per heavy atom. The smallest absolute Gasteiger partial charge is 0.348 e. The van der Waals surface area contributed by atoms with Crippen molar-refractivity contribution in [3.63, 3.8) is 0 Å². The van der Waals surface area contributed by atoms with Gasteiger partial charge in [-0.25, -0.2) is 4.79 Å². The Kier molecular flexibility index (Phi) is 6.08. The lowest BCUT2D eigenvalue weighted by Gasteiger charge is -2.14. The molecule has 0 bridgehead atoms. The van der Waals surface area contributed by atoms with Crippen molar-refractivity contribution in [3.05, 3.63) is 23.3 Å². The van der Waals surface area contributed by atoms with Gasteiger partial charge in [-0.2, -0.15) is 5.26 Å². The van der Waals surface area contributed by atoms with Gasteiger partial charge in [-0.3, -0.25) is 0 Å². The van der Waals surface area contributed by atoms with Crippen LogP contribution in [0.1, 0.15) is 12.5 Å². The fourth-order valence-electron chi connectivity index (χ4n) is 1.74. The van der Waals surface area contributed by atoms with Crippen LogP contribution < -0.4 is 14.2 Å². The molecule has 1 rings (SSSR count). The lowest BCUT2D eigenvalue weighted by molar-refractivity contribution is -0.137. The van der Waals surface area contributed by atoms with E-state index in [1.165, 1.54) is 27.4 Å². The van der Waals surface area contributed by atoms with Crippen LogP contribution in [0.25, 0.3) is 6.08 Å². The van der Waals surface area contributed by atoms with Crippen molar-refractivity contribution >= 4 is 12.0 Å². The molecule has 0 N–H and O–H groups in total. The van der Waals surface area contributed by atoms with Gasteiger partial charge in [-0.05, 0) is 25.1 Å². The maximum absolute atomic E-state index is 11.6. The van der Waals surface area contributed by atoms with Crippen LogP contribution in [0.15, 0.2) is 17.7 Å². The molecule has 0 amide bonds. The number of nitriles is 1. The first kappa shape index (κ1) is 16.4. The molecule has 0 saturated heterocycles. The molecule has 6 nitrogen and oxygen atoms in total. The molecule has 0 atom stereocenters. The molecular weight excluding hydrogens is 274 g/mol. The summed E-state index contributed by atoms with van der Waals surface area (Å²) in [6.07, 6.45) is 1.39. The summed E-state index contributed by atoms with van der Waals surface area (Å²) in [4.78, 5) is 11.6. The van der Waals surface area contributed by atoms with Gasteiger partial charge in [0, 0.05) is 5.56 Å². The molecule has 1 aromatic carbocycles. The minimum Gasteiger partial charge on any atom is -0.493 e. The maximum atomic E-state index is 11.6. The molecule has 0 aliphatic heterocycles. The fourth-order valence-corrected chi connectivity index (χ4v) is 1.74. The molecule has 0 radical (unpaired) electrons. The SMILES string of the molecule is CCOC(=O)/C(C#N)=C\c1ccc(OC)c(OC)c1OC. The monoisotopic (exact) mass is 291 g/mol. The zero-order valence-electron chi connectivity index (χ0n) is 12.4. The molecule has 112 valence electrons. The Labute approximate surface area is 123 Å². The Balaban J connectivity index is 3.36. The van der Waals surface area contributed by atoms with E-state index in [0.29, 0.717) is 22.8 Å². The molecule has 0 unspecified atom stereocenters. The first-order chi connectivity index (χ1) is 10.1. The Hall–Kier alpha value is -2.68. The maximum Gasteiger partial charge on any atom is 0.348 e. The first-order valence-electron chi connectivity index (χ1n) is 6.20. The van der Waals surface area contributed by atoms with Gasteiger partial charge < -0.3 is 18.9 Å². The molecule has 0 fully saturated rings. The number of carbonyl (C=O) groups is 1. The van der Waals surface area contributed by atoms with E-state index >= 15 is 0 Å². The Morgan fingerprint density at radius 3 is 2.33 bits per heavy atom. The van der Waals surface area contributed by atoms with E-state index in [2.05, 4.69) is 0 Å². The number of hydrogen-bond acceptors (Lipinski definition) is 6. The number of nitrogens with zero attached hydrogens (tertiary/aromatic N) is 1. The van der Waals surface area contributed by atoms with Gasteiger partial charge in [0.2, 0.25) is 5.75 Å². The summed E-state index contributed by atoms with van der Waals surface area (Å²) >= 11 is 0. The predicted molar refractivity (Wildman–Crippen MR) is 76.3 cm³/mol. The number of methoxy groups -OCH3 is 3. The zero-order chi connectivity index (χ0) is 15.8. The second-order valence-corrected chi connectivity index (χ2v) is 3.81. The fraction of sp³-hybridized carbons (Fsp3) is 0.333. The zero-order valence-corrected chi connectivity index (χ0v) is 12.4. The van der Waals surface area contributed by atoms with Crippen molar-refractivity contribution in [3.8, 4) is 23.3 Å². The summed E-state index contributed by atoms with van der Waals surface area (Å²) in [7, 11) is 4.45. The summed E-state index contributed by atoms with van der Waals surface area (Å²) in [6.45, 7) is 1.87. The number of benzene rings is 1. The summed E-state index contributed by atoms with van der Waals surface area (Å²) in [6, 6.07) is 5.13. The molecule has 0 aromatic heterocycles. The van der Waals surface area contributed by atoms with Crippen LogP contribution in [-0.2, 0) is 9.53 Å². The molecule has 6 heteroatoms. The second-order valence-electron chi connectivity index (χ2n) is 3.81. The van der Waals surface area contributed by atoms with Gasteiger partial charge in [0.1, 0.15) is 11.6 Å². The van der Waals surface area contributed by atoms with Crippen molar-refractivity contribution in [1.29, 1.82) is 5.26 Å². The number of ether oxygens (including phenoxy) is 4. The molecule has 0 saturated carbocycles. The van der Waals surface area contributed by atoms with Gasteiger partial charge >= 0.3 is 5.97 Å². The minimum atomic E-state index is -0.683. The number of hydrogen-bond donors (Lipinski definition) is 0. The van der Waals surface area contributed by atoms with E-state index in [1.54, 1.807) is 19.1 Å². The highest BCUT2D eigenvalue weighted by molar-refractivity contribution is 5.98. The first-order valence-corrected chi connectivity index (χ1v) is 6.20. The van der Waals surface area contributed by atoms with Crippen LogP contribution in [0, 0.1) is 11.3 Å². The molecular formula is C15H17NO5. The van der Waals surface area contributed by atoms with E-state index < -0.39 is 5.97 Å². The quantitative estimate of drug-likeness (QED) is 0.454. The van der Waals surface area contributed by atoms with E-state index in [0.717, 1.165) is 0 Å². The van der Waals surface area contributed by atoms with Crippen LogP contribution in [0.5, 0.6) is 17.2 Å². The molecule has 21 heavy (non-hydrogen) atoms. The summed E-state index contributed by atoms with van der Waals surface area (Å²) in [5, 5.41) is 9.06. The second kappa shape index (κ2) is 7.80. The van der Waals surface area contributed by atoms with Crippen molar-refractivity contribution in [2.45, 2.75) is 6.92 Å². The van der Waals surface area contributed by atoms with Crippen LogP contribution in [0.3, 0.4) is 0 Å². The normalized spacial score (nSPS) is 10.5. The van der Waals surface area contributed by atoms with Crippen LogP contribution in [-0.4, -0.2) is 33.9 Å². The van der Waals surface area contributed by atoms with Gasteiger partial charge in [0.05, 0.1) is 27.9 Å². The molecule has 0 aliphatic rings. The largest absolute Gasteiger partial charge is 0.493 e. The van der Waals surface area contributed by atoms with E-state index in [9.17, 15) is 4.79 Å². The highest BCUT2D eigenvalue weighted by Gasteiger charge is 2.17. The topological polar surface area (TPSA) is 77.8 Å². The Morgan fingerprint density at radius 2 is 1.86 bits per heavy atom. The van der Waals surface area contributed by atoms with E-state index in [4.69, 9.17) is 24.2 Å². The van der Waals surface area contributed by atoms with Crippen LogP contribution in [0.4, 0.5) is 0 Å². The van der Waals surface area contributed by atoms with Crippen LogP contribution in [0.2, 0.25) is 0 Å². The number of carbonyl (C=O) groups excluding carboxylic acids is 1. The van der Waals surface area contributed by atoms with Gasteiger partial charge in [-0.1, -0.05) is 0 Å². The third-order valence-electron chi connectivity index (χ3n) is 2.65. The van der Waals surface area contributed by atoms with Crippen LogP contribution >= 0.6 is 0 Å². The van der Waals surface area contributed by atoms with E-state index in [1.807, 2.05) is 6.07 Å². The average Bonchev–Trinajstić information content (AvgIpc) is 2.51. The van der Waals surface area contributed by atoms with E-state index in [-0.39, 0.29) is 12.2 Å².